The average Bonchev–Trinajstić information content (AvgIpc) is 4.02. The molecule has 0 bridgehead atoms. The fourth-order valence-corrected chi connectivity index (χ4v) is 10.4. The predicted molar refractivity (Wildman–Crippen MR) is 311 cm³/mol. The van der Waals surface area contributed by atoms with Crippen LogP contribution in [-0.4, -0.2) is 181 Å². The van der Waals surface area contributed by atoms with Crippen LogP contribution in [0.5, 0.6) is 5.75 Å². The number of amides is 4. The van der Waals surface area contributed by atoms with E-state index in [4.69, 9.17) is 31.7 Å². The average molecular weight is 1250 g/mol. The van der Waals surface area contributed by atoms with Gasteiger partial charge in [0.05, 0.1) is 23.3 Å². The molecule has 22 heteroatoms. The van der Waals surface area contributed by atoms with Gasteiger partial charge in [-0.2, -0.15) is 0 Å². The van der Waals surface area contributed by atoms with E-state index in [0.29, 0.717) is 72.6 Å². The summed E-state index contributed by atoms with van der Waals surface area (Å²) in [6, 6.07) is 18.7. The topological polar surface area (TPSA) is 238 Å². The van der Waals surface area contributed by atoms with Crippen LogP contribution in [0.25, 0.3) is 10.9 Å². The number of aromatic nitrogens is 1. The molecular formula is C59H89ClFN9O10Pd. The number of hydrogen-bond acceptors (Lipinski definition) is 12. The molecule has 4 saturated heterocycles. The summed E-state index contributed by atoms with van der Waals surface area (Å²) < 4.78 is 31.1. The molecule has 4 fully saturated rings. The maximum atomic E-state index is 14.0. The zero-order valence-corrected chi connectivity index (χ0v) is 51.9. The van der Waals surface area contributed by atoms with Crippen molar-refractivity contribution in [3.05, 3.63) is 100.0 Å². The Kier molecular flexibility index (Phi) is 26.1. The van der Waals surface area contributed by atoms with Crippen LogP contribution in [0.3, 0.4) is 0 Å². The van der Waals surface area contributed by atoms with E-state index in [2.05, 4.69) is 42.0 Å². The number of ether oxygens (including phenoxy) is 3. The summed E-state index contributed by atoms with van der Waals surface area (Å²) in [4.78, 5) is 76.1. The minimum absolute atomic E-state index is 0. The van der Waals surface area contributed by atoms with E-state index in [-0.39, 0.29) is 91.1 Å². The zero-order valence-electron chi connectivity index (χ0n) is 49.6. The Labute approximate surface area is 497 Å². The van der Waals surface area contributed by atoms with Crippen LogP contribution in [0.1, 0.15) is 135 Å². The van der Waals surface area contributed by atoms with Crippen molar-refractivity contribution in [2.45, 2.75) is 163 Å². The molecule has 0 saturated carbocycles. The van der Waals surface area contributed by atoms with Gasteiger partial charge in [0.25, 0.3) is 17.6 Å². The Morgan fingerprint density at radius 2 is 1.21 bits per heavy atom. The van der Waals surface area contributed by atoms with Crippen molar-refractivity contribution < 1.29 is 73.9 Å². The fourth-order valence-electron chi connectivity index (χ4n) is 10.2. The number of likely N-dealkylation sites (tertiary alicyclic amines) is 1. The van der Waals surface area contributed by atoms with E-state index in [0.717, 1.165) is 56.7 Å². The first kappa shape index (κ1) is 69.9. The minimum atomic E-state index is -0.615. The summed E-state index contributed by atoms with van der Waals surface area (Å²) in [6.45, 7) is 32.7. The van der Waals surface area contributed by atoms with Crippen LogP contribution in [0.4, 0.5) is 14.0 Å². The molecule has 0 spiro atoms. The number of carbonyl (C=O) groups excluding carboxylic acids is 5. The molecule has 3 aromatic carbocycles. The molecule has 6 atom stereocenters. The maximum absolute atomic E-state index is 14.0. The molecule has 19 nitrogen and oxygen atoms in total. The van der Waals surface area contributed by atoms with Gasteiger partial charge in [0.1, 0.15) is 22.8 Å². The Bertz CT molecular complexity index is 2730. The Morgan fingerprint density at radius 3 is 1.75 bits per heavy atom. The second-order valence-corrected chi connectivity index (χ2v) is 23.9. The quantitative estimate of drug-likeness (QED) is 0.0715. The van der Waals surface area contributed by atoms with Crippen LogP contribution in [0.15, 0.2) is 66.9 Å². The summed E-state index contributed by atoms with van der Waals surface area (Å²) in [6.07, 6.45) is 2.78. The zero-order chi connectivity index (χ0) is 57.4. The molecule has 4 amide bonds. The largest absolute Gasteiger partial charge is 0.493 e. The van der Waals surface area contributed by atoms with Gasteiger partial charge in [-0.1, -0.05) is 35.9 Å². The van der Waals surface area contributed by atoms with E-state index >= 15 is 0 Å². The number of ketones is 1. The van der Waals surface area contributed by atoms with Crippen molar-refractivity contribution >= 4 is 52.3 Å². The summed E-state index contributed by atoms with van der Waals surface area (Å²) >= 11 is 6.19. The van der Waals surface area contributed by atoms with E-state index < -0.39 is 22.9 Å². The molecule has 0 aliphatic carbocycles. The van der Waals surface area contributed by atoms with Gasteiger partial charge < -0.3 is 55.9 Å². The van der Waals surface area contributed by atoms with Gasteiger partial charge in [-0.05, 0) is 144 Å². The summed E-state index contributed by atoms with van der Waals surface area (Å²) in [5.41, 5.74) is 2.38. The van der Waals surface area contributed by atoms with Crippen molar-refractivity contribution in [1.29, 1.82) is 0 Å². The van der Waals surface area contributed by atoms with E-state index in [1.165, 1.54) is 23.0 Å². The van der Waals surface area contributed by atoms with Crippen molar-refractivity contribution in [1.82, 2.24) is 39.4 Å². The summed E-state index contributed by atoms with van der Waals surface area (Å²) in [5, 5.41) is 4.50. The molecule has 7 N–H and O–H groups in total. The van der Waals surface area contributed by atoms with Gasteiger partial charge in [-0.3, -0.25) is 28.9 Å². The molecule has 1 aromatic heterocycles. The first-order chi connectivity index (χ1) is 36.6. The molecule has 8 rings (SSSR count). The SMILES string of the molecule is CCOc1cc2c(cc1C(=O)N1C[C@H](C)N(Cc3cccc(Cl)c3)C[C@H]1C)c(C(=O)C(=O)N1CCCC1)cn2N.C[C@@H]1CN(Cc2ccc(F)cc2)[C@@H](C)CN1C(=O)OC(C)(C)C.C[C@@H]1CN[C@@H](C)CN1C(=O)OC(C)(C)C.O.O.[Pd]. The predicted octanol–water partition coefficient (Wildman–Crippen LogP) is 7.55. The molecule has 4 aliphatic heterocycles. The number of nitrogen functional groups attached to an aromatic ring is 1. The van der Waals surface area contributed by atoms with Crippen molar-refractivity contribution in [2.75, 3.05) is 64.8 Å². The summed E-state index contributed by atoms with van der Waals surface area (Å²) in [5.74, 6) is 5.05. The van der Waals surface area contributed by atoms with E-state index in [1.807, 2.05) is 104 Å². The minimum Gasteiger partial charge on any atom is -0.493 e. The van der Waals surface area contributed by atoms with Crippen molar-refractivity contribution in [3.8, 4) is 5.75 Å². The normalized spacial score (nSPS) is 21.4. The third kappa shape index (κ3) is 19.1. The number of nitrogens with zero attached hydrogens (tertiary/aromatic N) is 7. The second-order valence-electron chi connectivity index (χ2n) is 23.5. The monoisotopic (exact) mass is 1240 g/mol. The van der Waals surface area contributed by atoms with Crippen molar-refractivity contribution in [2.24, 2.45) is 0 Å². The molecule has 0 unspecified atom stereocenters. The van der Waals surface area contributed by atoms with E-state index in [1.54, 1.807) is 26.8 Å². The number of piperazine rings is 3. The van der Waals surface area contributed by atoms with Crippen LogP contribution < -0.4 is 15.9 Å². The van der Waals surface area contributed by atoms with Crippen LogP contribution >= 0.6 is 11.6 Å². The van der Waals surface area contributed by atoms with Crippen molar-refractivity contribution in [3.63, 3.8) is 0 Å². The molecule has 454 valence electrons. The van der Waals surface area contributed by atoms with Crippen LogP contribution in [-0.2, 0) is 47.8 Å². The maximum Gasteiger partial charge on any atom is 0.410 e. The first-order valence-corrected chi connectivity index (χ1v) is 27.9. The van der Waals surface area contributed by atoms with Gasteiger partial charge in [0.15, 0.2) is 0 Å². The second kappa shape index (κ2) is 30.3. The number of fused-ring (bicyclic) bond motifs is 1. The number of carbonyl (C=O) groups is 5. The smallest absolute Gasteiger partial charge is 0.410 e. The molecule has 5 heterocycles. The molecule has 4 aromatic rings. The van der Waals surface area contributed by atoms with Gasteiger partial charge in [0.2, 0.25) is 0 Å². The number of benzene rings is 3. The standard InChI is InChI=1S/C30H36ClN5O4.C18H27FN2O2.C11H22N2O2.2H2O.Pd/c1-4-40-27-14-26-23(25(18-36(26)32)28(37)30(39)33-10-5-6-11-33)13-24(27)29(38)35-16-19(2)34(15-20(35)3)17-21-8-7-9-22(31)12-21;1-13-11-21(17(22)23-18(3,4)5)14(2)10-20(13)12-15-6-8-16(19)9-7-15;1-8-7-13(9(2)6-12-8)10(14)15-11(3,4)5;;;/h7-9,12-14,18-20H,4-6,10-11,15-17,32H2,1-3H3;6-9,13-14H,10-12H2,1-5H3;8-9,12H,6-7H2,1-5H3;2*1H2;/t19-,20+;13-,14+;8-,9+;;;/m000.../s1. The molecule has 0 radical (unpaired) electrons. The number of nitrogens with one attached hydrogen (secondary N) is 1. The van der Waals surface area contributed by atoms with Gasteiger partial charge >= 0.3 is 12.2 Å². The fraction of sp³-hybridized carbons (Fsp3) is 0.576. The first-order valence-electron chi connectivity index (χ1n) is 27.5. The third-order valence-electron chi connectivity index (χ3n) is 14.4. The Morgan fingerprint density at radius 1 is 0.679 bits per heavy atom. The molecule has 4 aliphatic rings. The number of Topliss-reactive ketones (excluding diaryl/α,β-unsaturated/α-hetero) is 1. The molecule has 81 heavy (non-hydrogen) atoms. The van der Waals surface area contributed by atoms with Crippen LogP contribution in [0, 0.1) is 5.82 Å². The van der Waals surface area contributed by atoms with E-state index in [9.17, 15) is 28.4 Å². The number of nitrogens with two attached hydrogens (primary N) is 1. The Balaban J connectivity index is 0.000000356. The van der Waals surface area contributed by atoms with Crippen LogP contribution in [0.2, 0.25) is 5.02 Å². The number of rotatable bonds is 9. The van der Waals surface area contributed by atoms with Gasteiger partial charge in [-0.25, -0.2) is 14.0 Å². The van der Waals surface area contributed by atoms with Gasteiger partial charge in [-0.15, -0.1) is 0 Å². The van der Waals surface area contributed by atoms with Gasteiger partial charge in [0, 0.05) is 145 Å². The Hall–Kier alpha value is -5.37. The third-order valence-corrected chi connectivity index (χ3v) is 14.6. The number of halogens is 2. The number of hydrogen-bond donors (Lipinski definition) is 2. The summed E-state index contributed by atoms with van der Waals surface area (Å²) in [7, 11) is 0. The molecular weight excluding hydrogens is 1160 g/mol.